The molecule has 7 nitrogen and oxygen atoms in total. The molecule has 0 fully saturated rings. The summed E-state index contributed by atoms with van der Waals surface area (Å²) in [5.41, 5.74) is 3.10. The third kappa shape index (κ3) is 5.73. The molecule has 2 amide bonds. The fourth-order valence-corrected chi connectivity index (χ4v) is 4.83. The van der Waals surface area contributed by atoms with Crippen LogP contribution in [0.1, 0.15) is 49.2 Å². The minimum atomic E-state index is -0.993. The van der Waals surface area contributed by atoms with Crippen molar-refractivity contribution >= 4 is 40.8 Å². The van der Waals surface area contributed by atoms with Crippen LogP contribution >= 0.6 is 11.6 Å². The first-order chi connectivity index (χ1) is 18.2. The molecule has 1 N–H and O–H groups in total. The number of anilines is 2. The topological polar surface area (TPSA) is 87.2 Å². The second kappa shape index (κ2) is 11.5. The molecule has 4 rings (SSSR count). The van der Waals surface area contributed by atoms with Crippen molar-refractivity contribution in [3.05, 3.63) is 101 Å². The number of carboxylic acids is 1. The molecule has 0 unspecified atom stereocenters. The van der Waals surface area contributed by atoms with Crippen molar-refractivity contribution in [3.63, 3.8) is 0 Å². The summed E-state index contributed by atoms with van der Waals surface area (Å²) in [7, 11) is 0. The Bertz CT molecular complexity index is 1370. The molecule has 0 aliphatic carbocycles. The summed E-state index contributed by atoms with van der Waals surface area (Å²) < 4.78 is 5.59. The zero-order valence-electron chi connectivity index (χ0n) is 21.4. The highest BCUT2D eigenvalue weighted by molar-refractivity contribution is 6.30. The number of ether oxygens (including phenoxy) is 1. The van der Waals surface area contributed by atoms with Crippen LogP contribution in [0.2, 0.25) is 5.02 Å². The molecule has 3 aromatic rings. The average molecular weight is 533 g/mol. The Morgan fingerprint density at radius 2 is 1.68 bits per heavy atom. The minimum Gasteiger partial charge on any atom is -0.490 e. The molecule has 0 aromatic heterocycles. The van der Waals surface area contributed by atoms with Gasteiger partial charge in [0.05, 0.1) is 6.04 Å². The zero-order valence-corrected chi connectivity index (χ0v) is 22.2. The van der Waals surface area contributed by atoms with Crippen LogP contribution in [-0.4, -0.2) is 35.5 Å². The zero-order chi connectivity index (χ0) is 27.4. The Hall–Kier alpha value is -4.10. The number of aliphatic carboxylic acids is 1. The van der Waals surface area contributed by atoms with Gasteiger partial charge in [0.2, 0.25) is 5.91 Å². The van der Waals surface area contributed by atoms with Crippen LogP contribution in [-0.2, 0) is 9.59 Å². The van der Waals surface area contributed by atoms with Crippen LogP contribution in [0, 0.1) is 0 Å². The van der Waals surface area contributed by atoms with Crippen LogP contribution in [0.5, 0.6) is 5.75 Å². The van der Waals surface area contributed by atoms with Crippen LogP contribution in [0.3, 0.4) is 0 Å². The van der Waals surface area contributed by atoms with E-state index >= 15 is 0 Å². The molecule has 8 heteroatoms. The number of hydrogen-bond acceptors (Lipinski definition) is 4. The van der Waals surface area contributed by atoms with E-state index in [-0.39, 0.29) is 36.1 Å². The van der Waals surface area contributed by atoms with Crippen molar-refractivity contribution in [1.29, 1.82) is 0 Å². The van der Waals surface area contributed by atoms with E-state index in [0.717, 1.165) is 16.9 Å². The number of carboxylic acid groups (broad SMARTS) is 1. The van der Waals surface area contributed by atoms with Crippen LogP contribution in [0.25, 0.3) is 0 Å². The summed E-state index contributed by atoms with van der Waals surface area (Å²) in [6.45, 7) is 5.14. The van der Waals surface area contributed by atoms with Crippen LogP contribution in [0.15, 0.2) is 84.4 Å². The van der Waals surface area contributed by atoms with Crippen molar-refractivity contribution in [2.45, 2.75) is 39.3 Å². The van der Waals surface area contributed by atoms with Crippen molar-refractivity contribution in [1.82, 2.24) is 0 Å². The van der Waals surface area contributed by atoms with Gasteiger partial charge in [0.15, 0.2) is 0 Å². The molecule has 38 heavy (non-hydrogen) atoms. The standard InChI is InChI=1S/C30H29ClN2O5/c1-19(30(36)37)16-17-38-25-14-8-22(9-15-25)29(35)32-20(2)18-28(26-6-4-5-7-27(26)32)33(21(3)34)24-12-10-23(31)11-13-24/h4-16,20,28H,17-18H2,1-3H3,(H,36,37)/t20-,28+/m0/s1. The van der Waals surface area contributed by atoms with Gasteiger partial charge >= 0.3 is 5.97 Å². The molecular formula is C30H29ClN2O5. The molecule has 0 radical (unpaired) electrons. The molecule has 1 aliphatic rings. The van der Waals surface area contributed by atoms with Crippen molar-refractivity contribution < 1.29 is 24.2 Å². The maximum atomic E-state index is 13.7. The molecule has 0 spiro atoms. The number of nitrogens with zero attached hydrogens (tertiary/aromatic N) is 2. The number of benzene rings is 3. The van der Waals surface area contributed by atoms with E-state index in [2.05, 4.69) is 0 Å². The van der Waals surface area contributed by atoms with Crippen molar-refractivity contribution in [2.75, 3.05) is 16.4 Å². The second-order valence-corrected chi connectivity index (χ2v) is 9.66. The molecule has 196 valence electrons. The largest absolute Gasteiger partial charge is 0.490 e. The van der Waals surface area contributed by atoms with Gasteiger partial charge in [-0.3, -0.25) is 9.59 Å². The highest BCUT2D eigenvalue weighted by Gasteiger charge is 2.38. The number of carbonyl (C=O) groups excluding carboxylic acids is 2. The van der Waals surface area contributed by atoms with E-state index in [1.165, 1.54) is 13.0 Å². The second-order valence-electron chi connectivity index (χ2n) is 9.23. The summed E-state index contributed by atoms with van der Waals surface area (Å²) in [6.07, 6.45) is 2.04. The van der Waals surface area contributed by atoms with Gasteiger partial charge in [0, 0.05) is 40.5 Å². The Morgan fingerprint density at radius 3 is 2.32 bits per heavy atom. The van der Waals surface area contributed by atoms with E-state index in [9.17, 15) is 14.4 Å². The first-order valence-electron chi connectivity index (χ1n) is 12.3. The molecule has 0 bridgehead atoms. The van der Waals surface area contributed by atoms with E-state index < -0.39 is 5.97 Å². The molecule has 1 aliphatic heterocycles. The molecule has 2 atom stereocenters. The van der Waals surface area contributed by atoms with E-state index in [4.69, 9.17) is 21.4 Å². The summed E-state index contributed by atoms with van der Waals surface area (Å²) >= 11 is 6.08. The van der Waals surface area contributed by atoms with E-state index in [1.807, 2.05) is 43.3 Å². The number of rotatable bonds is 7. The van der Waals surface area contributed by atoms with Gasteiger partial charge in [-0.2, -0.15) is 0 Å². The summed E-state index contributed by atoms with van der Waals surface area (Å²) in [6, 6.07) is 21.2. The molecule has 3 aromatic carbocycles. The predicted molar refractivity (Wildman–Crippen MR) is 148 cm³/mol. The Balaban J connectivity index is 1.60. The van der Waals surface area contributed by atoms with Crippen LogP contribution < -0.4 is 14.5 Å². The molecular weight excluding hydrogens is 504 g/mol. The molecule has 1 heterocycles. The lowest BCUT2D eigenvalue weighted by molar-refractivity contribution is -0.132. The third-order valence-electron chi connectivity index (χ3n) is 6.61. The number of carbonyl (C=O) groups is 3. The fraction of sp³-hybridized carbons (Fsp3) is 0.233. The minimum absolute atomic E-state index is 0.0944. The average Bonchev–Trinajstić information content (AvgIpc) is 2.89. The smallest absolute Gasteiger partial charge is 0.331 e. The summed E-state index contributed by atoms with van der Waals surface area (Å²) in [4.78, 5) is 41.0. The Morgan fingerprint density at radius 1 is 1.03 bits per heavy atom. The number of amides is 2. The lowest BCUT2D eigenvalue weighted by Gasteiger charge is -2.43. The van der Waals surface area contributed by atoms with E-state index in [0.29, 0.717) is 22.8 Å². The summed E-state index contributed by atoms with van der Waals surface area (Å²) in [5, 5.41) is 9.54. The fourth-order valence-electron chi connectivity index (χ4n) is 4.70. The third-order valence-corrected chi connectivity index (χ3v) is 6.87. The maximum absolute atomic E-state index is 13.7. The number of hydrogen-bond donors (Lipinski definition) is 1. The van der Waals surface area contributed by atoms with Gasteiger partial charge in [-0.1, -0.05) is 29.8 Å². The van der Waals surface area contributed by atoms with Gasteiger partial charge in [-0.05, 0) is 86.5 Å². The summed E-state index contributed by atoms with van der Waals surface area (Å²) in [5.74, 6) is -0.712. The quantitative estimate of drug-likeness (QED) is 0.362. The Labute approximate surface area is 226 Å². The SMILES string of the molecule is CC(=O)N(c1ccc(Cl)cc1)[C@@H]1C[C@H](C)N(C(=O)c2ccc(OCC=C(C)C(=O)O)cc2)c2ccccc21. The normalized spacial score (nSPS) is 16.9. The highest BCUT2D eigenvalue weighted by atomic mass is 35.5. The van der Waals surface area contributed by atoms with Crippen molar-refractivity contribution in [3.8, 4) is 5.75 Å². The van der Waals surface area contributed by atoms with E-state index in [1.54, 1.807) is 53.1 Å². The first kappa shape index (κ1) is 26.9. The monoisotopic (exact) mass is 532 g/mol. The Kier molecular flexibility index (Phi) is 8.17. The van der Waals surface area contributed by atoms with Gasteiger partial charge < -0.3 is 19.6 Å². The lowest BCUT2D eigenvalue weighted by atomic mass is 9.89. The maximum Gasteiger partial charge on any atom is 0.331 e. The van der Waals surface area contributed by atoms with Crippen LogP contribution in [0.4, 0.5) is 11.4 Å². The van der Waals surface area contributed by atoms with Gasteiger partial charge in [0.1, 0.15) is 12.4 Å². The molecule has 0 saturated carbocycles. The predicted octanol–water partition coefficient (Wildman–Crippen LogP) is 6.28. The lowest BCUT2D eigenvalue weighted by Crippen LogP contribution is -2.47. The van der Waals surface area contributed by atoms with Gasteiger partial charge in [-0.15, -0.1) is 0 Å². The first-order valence-corrected chi connectivity index (χ1v) is 12.7. The number of halogens is 1. The van der Waals surface area contributed by atoms with Crippen molar-refractivity contribution in [2.24, 2.45) is 0 Å². The van der Waals surface area contributed by atoms with Gasteiger partial charge in [0.25, 0.3) is 5.91 Å². The number of para-hydroxylation sites is 1. The molecule has 0 saturated heterocycles. The van der Waals surface area contributed by atoms with Gasteiger partial charge in [-0.25, -0.2) is 4.79 Å². The highest BCUT2D eigenvalue weighted by Crippen LogP contribution is 2.43. The number of fused-ring (bicyclic) bond motifs is 1.